The Bertz CT molecular complexity index is 602. The van der Waals surface area contributed by atoms with E-state index in [1.165, 1.54) is 5.56 Å². The molecule has 0 amide bonds. The molecule has 0 aliphatic rings. The van der Waals surface area contributed by atoms with Gasteiger partial charge >= 0.3 is 0 Å². The lowest BCUT2D eigenvalue weighted by atomic mass is 10.1. The van der Waals surface area contributed by atoms with E-state index in [2.05, 4.69) is 41.5 Å². The van der Waals surface area contributed by atoms with Gasteiger partial charge in [0.2, 0.25) is 0 Å². The van der Waals surface area contributed by atoms with Crippen molar-refractivity contribution < 1.29 is 0 Å². The maximum absolute atomic E-state index is 11.7. The highest BCUT2D eigenvalue weighted by Crippen LogP contribution is 2.17. The van der Waals surface area contributed by atoms with E-state index in [0.29, 0.717) is 6.54 Å². The van der Waals surface area contributed by atoms with Crippen LogP contribution in [0, 0.1) is 0 Å². The minimum atomic E-state index is -0.123. The molecule has 20 heavy (non-hydrogen) atoms. The van der Waals surface area contributed by atoms with E-state index >= 15 is 0 Å². The third kappa shape index (κ3) is 3.54. The van der Waals surface area contributed by atoms with Crippen LogP contribution >= 0.6 is 0 Å². The number of benzene rings is 1. The van der Waals surface area contributed by atoms with Gasteiger partial charge in [-0.1, -0.05) is 38.1 Å². The second-order valence-electron chi connectivity index (χ2n) is 4.83. The topological polar surface area (TPSA) is 57.8 Å². The van der Waals surface area contributed by atoms with E-state index in [4.69, 9.17) is 0 Å². The second kappa shape index (κ2) is 7.01. The summed E-state index contributed by atoms with van der Waals surface area (Å²) < 4.78 is 0. The average molecular weight is 271 g/mol. The number of hydrogen-bond donors (Lipinski definition) is 2. The Labute approximate surface area is 119 Å². The van der Waals surface area contributed by atoms with E-state index in [-0.39, 0.29) is 5.56 Å². The highest BCUT2D eigenvalue weighted by atomic mass is 16.1. The Morgan fingerprint density at radius 1 is 1.20 bits per heavy atom. The van der Waals surface area contributed by atoms with Gasteiger partial charge < -0.3 is 5.32 Å². The fourth-order valence-electron chi connectivity index (χ4n) is 2.04. The number of rotatable bonds is 6. The predicted octanol–water partition coefficient (Wildman–Crippen LogP) is 2.50. The first-order valence-electron chi connectivity index (χ1n) is 7.13. The van der Waals surface area contributed by atoms with Gasteiger partial charge in [0, 0.05) is 17.7 Å². The van der Waals surface area contributed by atoms with Gasteiger partial charge in [0.1, 0.15) is 0 Å². The maximum Gasteiger partial charge on any atom is 0.268 e. The molecule has 0 aliphatic heterocycles. The van der Waals surface area contributed by atoms with E-state index in [1.807, 2.05) is 18.2 Å². The van der Waals surface area contributed by atoms with Crippen molar-refractivity contribution >= 4 is 0 Å². The van der Waals surface area contributed by atoms with Crippen LogP contribution in [0.3, 0.4) is 0 Å². The molecule has 1 aromatic heterocycles. The Balaban J connectivity index is 2.23. The lowest BCUT2D eigenvalue weighted by molar-refractivity contribution is 0.668. The molecule has 0 saturated heterocycles. The Morgan fingerprint density at radius 3 is 2.60 bits per heavy atom. The summed E-state index contributed by atoms with van der Waals surface area (Å²) in [7, 11) is 0. The third-order valence-electron chi connectivity index (χ3n) is 3.28. The van der Waals surface area contributed by atoms with Gasteiger partial charge in [-0.2, -0.15) is 5.10 Å². The number of nitrogens with one attached hydrogen (secondary N) is 2. The summed E-state index contributed by atoms with van der Waals surface area (Å²) >= 11 is 0. The van der Waals surface area contributed by atoms with Gasteiger partial charge in [-0.05, 0) is 31.0 Å². The van der Waals surface area contributed by atoms with Crippen LogP contribution in [0.5, 0.6) is 0 Å². The number of aryl methyl sites for hydroxylation is 1. The van der Waals surface area contributed by atoms with Gasteiger partial charge in [0.05, 0.1) is 5.69 Å². The highest BCUT2D eigenvalue weighted by molar-refractivity contribution is 5.59. The molecule has 0 saturated carbocycles. The van der Waals surface area contributed by atoms with Crippen LogP contribution in [-0.4, -0.2) is 16.7 Å². The summed E-state index contributed by atoms with van der Waals surface area (Å²) in [5, 5.41) is 9.95. The summed E-state index contributed by atoms with van der Waals surface area (Å²) in [5.41, 5.74) is 3.73. The fraction of sp³-hybridized carbons (Fsp3) is 0.375. The standard InChI is InChI=1S/C16H21N3O/c1-3-9-17-11-14-10-15(18-19-16(14)20)13-7-5-12(4-2)6-8-13/h5-8,10,17H,3-4,9,11H2,1-2H3,(H,19,20). The number of aromatic amines is 1. The molecule has 0 aliphatic carbocycles. The molecular weight excluding hydrogens is 250 g/mol. The van der Waals surface area contributed by atoms with Crippen molar-refractivity contribution in [1.29, 1.82) is 0 Å². The van der Waals surface area contributed by atoms with Gasteiger partial charge in [-0.25, -0.2) is 5.10 Å². The van der Waals surface area contributed by atoms with Crippen LogP contribution < -0.4 is 10.9 Å². The Morgan fingerprint density at radius 2 is 1.95 bits per heavy atom. The van der Waals surface area contributed by atoms with Crippen molar-refractivity contribution in [2.45, 2.75) is 33.2 Å². The first-order valence-corrected chi connectivity index (χ1v) is 7.13. The van der Waals surface area contributed by atoms with Crippen molar-refractivity contribution in [3.8, 4) is 11.3 Å². The molecular formula is C16H21N3O. The highest BCUT2D eigenvalue weighted by Gasteiger charge is 2.05. The second-order valence-corrected chi connectivity index (χ2v) is 4.83. The van der Waals surface area contributed by atoms with E-state index in [0.717, 1.165) is 36.2 Å². The van der Waals surface area contributed by atoms with Crippen LogP contribution in [0.4, 0.5) is 0 Å². The van der Waals surface area contributed by atoms with Crippen LogP contribution in [0.15, 0.2) is 35.1 Å². The quantitative estimate of drug-likeness (QED) is 0.794. The van der Waals surface area contributed by atoms with Crippen molar-refractivity contribution in [3.63, 3.8) is 0 Å². The molecule has 0 bridgehead atoms. The third-order valence-corrected chi connectivity index (χ3v) is 3.28. The van der Waals surface area contributed by atoms with Crippen molar-refractivity contribution in [2.75, 3.05) is 6.54 Å². The lowest BCUT2D eigenvalue weighted by Crippen LogP contribution is -2.22. The minimum Gasteiger partial charge on any atom is -0.312 e. The zero-order valence-electron chi connectivity index (χ0n) is 12.1. The van der Waals surface area contributed by atoms with Gasteiger partial charge in [0.15, 0.2) is 0 Å². The van der Waals surface area contributed by atoms with Crippen molar-refractivity contribution in [3.05, 3.63) is 51.8 Å². The molecule has 0 unspecified atom stereocenters. The fourth-order valence-corrected chi connectivity index (χ4v) is 2.04. The molecule has 0 radical (unpaired) electrons. The molecule has 106 valence electrons. The van der Waals surface area contributed by atoms with Crippen molar-refractivity contribution in [2.24, 2.45) is 0 Å². The van der Waals surface area contributed by atoms with Gasteiger partial charge in [-0.3, -0.25) is 4.79 Å². The van der Waals surface area contributed by atoms with Crippen LogP contribution in [0.25, 0.3) is 11.3 Å². The van der Waals surface area contributed by atoms with E-state index in [1.54, 1.807) is 0 Å². The van der Waals surface area contributed by atoms with Crippen molar-refractivity contribution in [1.82, 2.24) is 15.5 Å². The summed E-state index contributed by atoms with van der Waals surface area (Å²) in [6.07, 6.45) is 2.07. The molecule has 1 aromatic carbocycles. The largest absolute Gasteiger partial charge is 0.312 e. The number of nitrogens with zero attached hydrogens (tertiary/aromatic N) is 1. The normalized spacial score (nSPS) is 10.7. The molecule has 1 heterocycles. The summed E-state index contributed by atoms with van der Waals surface area (Å²) in [4.78, 5) is 11.7. The molecule has 4 heteroatoms. The monoisotopic (exact) mass is 271 g/mol. The van der Waals surface area contributed by atoms with Gasteiger partial charge in [0.25, 0.3) is 5.56 Å². The smallest absolute Gasteiger partial charge is 0.268 e. The Kier molecular flexibility index (Phi) is 5.07. The molecule has 4 nitrogen and oxygen atoms in total. The molecule has 2 rings (SSSR count). The van der Waals surface area contributed by atoms with Gasteiger partial charge in [-0.15, -0.1) is 0 Å². The molecule has 2 N–H and O–H groups in total. The lowest BCUT2D eigenvalue weighted by Gasteiger charge is -2.06. The number of hydrogen-bond acceptors (Lipinski definition) is 3. The minimum absolute atomic E-state index is 0.123. The molecule has 0 spiro atoms. The zero-order chi connectivity index (χ0) is 14.4. The van der Waals surface area contributed by atoms with Crippen LogP contribution in [-0.2, 0) is 13.0 Å². The molecule has 0 atom stereocenters. The maximum atomic E-state index is 11.7. The first kappa shape index (κ1) is 14.5. The predicted molar refractivity (Wildman–Crippen MR) is 81.7 cm³/mol. The zero-order valence-corrected chi connectivity index (χ0v) is 12.1. The number of H-pyrrole nitrogens is 1. The SMILES string of the molecule is CCCNCc1cc(-c2ccc(CC)cc2)n[nH]c1=O. The summed E-state index contributed by atoms with van der Waals surface area (Å²) in [6.45, 7) is 5.71. The van der Waals surface area contributed by atoms with Crippen LogP contribution in [0.1, 0.15) is 31.4 Å². The summed E-state index contributed by atoms with van der Waals surface area (Å²) in [5.74, 6) is 0. The van der Waals surface area contributed by atoms with E-state index in [9.17, 15) is 4.79 Å². The van der Waals surface area contributed by atoms with E-state index < -0.39 is 0 Å². The average Bonchev–Trinajstić information content (AvgIpc) is 2.49. The number of aromatic nitrogens is 2. The summed E-state index contributed by atoms with van der Waals surface area (Å²) in [6, 6.07) is 10.1. The van der Waals surface area contributed by atoms with Crippen LogP contribution in [0.2, 0.25) is 0 Å². The Hall–Kier alpha value is -1.94. The molecule has 0 fully saturated rings. The first-order chi connectivity index (χ1) is 9.74. The molecule has 2 aromatic rings.